The molecule has 1 fully saturated rings. The molecular weight excluding hydrogens is 502 g/mol. The van der Waals surface area contributed by atoms with Crippen LogP contribution in [0.3, 0.4) is 0 Å². The first-order chi connectivity index (χ1) is 17.5. The molecule has 2 aromatic carbocycles. The summed E-state index contributed by atoms with van der Waals surface area (Å²) < 4.78 is 26.8. The van der Waals surface area contributed by atoms with Crippen LogP contribution in [0.5, 0.6) is 5.75 Å². The summed E-state index contributed by atoms with van der Waals surface area (Å²) in [5.74, 6) is 0.0823. The van der Waals surface area contributed by atoms with Gasteiger partial charge in [-0.3, -0.25) is 15.0 Å². The summed E-state index contributed by atoms with van der Waals surface area (Å²) in [6.45, 7) is 5.87. The Morgan fingerprint density at radius 3 is 2.67 bits per heavy atom. The van der Waals surface area contributed by atoms with Gasteiger partial charge in [0.15, 0.2) is 5.83 Å². The molecule has 186 valence electrons. The van der Waals surface area contributed by atoms with Crippen LogP contribution in [0.25, 0.3) is 22.8 Å². The van der Waals surface area contributed by atoms with E-state index in [4.69, 9.17) is 32.7 Å². The number of nitrogens with zero attached hydrogens (tertiary/aromatic N) is 3. The van der Waals surface area contributed by atoms with E-state index in [-0.39, 0.29) is 5.69 Å². The van der Waals surface area contributed by atoms with Gasteiger partial charge in [-0.05, 0) is 55.0 Å². The van der Waals surface area contributed by atoms with Crippen molar-refractivity contribution in [3.05, 3.63) is 87.3 Å². The van der Waals surface area contributed by atoms with Crippen molar-refractivity contribution in [3.63, 3.8) is 0 Å². The molecule has 0 spiro atoms. The Morgan fingerprint density at radius 1 is 1.17 bits per heavy atom. The lowest BCUT2D eigenvalue weighted by molar-refractivity contribution is 0.0336. The maximum atomic E-state index is 15.3. The normalized spacial score (nSPS) is 15.8. The molecule has 0 saturated carbocycles. The van der Waals surface area contributed by atoms with Crippen LogP contribution < -0.4 is 4.74 Å². The van der Waals surface area contributed by atoms with Crippen molar-refractivity contribution in [2.45, 2.75) is 19.6 Å². The van der Waals surface area contributed by atoms with Crippen LogP contribution in [0.15, 0.2) is 54.7 Å². The van der Waals surface area contributed by atoms with Crippen LogP contribution in [-0.4, -0.2) is 46.4 Å². The number of aromatic nitrogens is 3. The third kappa shape index (κ3) is 5.55. The Bertz CT molecular complexity index is 1360. The maximum absolute atomic E-state index is 15.3. The molecule has 1 saturated heterocycles. The van der Waals surface area contributed by atoms with E-state index in [1.807, 2.05) is 19.1 Å². The Balaban J connectivity index is 1.34. The van der Waals surface area contributed by atoms with Crippen LogP contribution in [0, 0.1) is 0 Å². The molecule has 9 heteroatoms. The Morgan fingerprint density at radius 2 is 1.94 bits per heavy atom. The number of pyridine rings is 1. The molecule has 0 unspecified atom stereocenters. The van der Waals surface area contributed by atoms with E-state index in [0.29, 0.717) is 37.8 Å². The van der Waals surface area contributed by atoms with Crippen LogP contribution in [0.1, 0.15) is 35.5 Å². The zero-order valence-corrected chi connectivity index (χ0v) is 21.2. The molecule has 0 aliphatic carbocycles. The van der Waals surface area contributed by atoms with Crippen molar-refractivity contribution in [1.82, 2.24) is 20.1 Å². The first-order valence-corrected chi connectivity index (χ1v) is 12.4. The smallest absolute Gasteiger partial charge is 0.151 e. The molecule has 6 nitrogen and oxygen atoms in total. The standard InChI is InChI=1S/C27H25Cl2FN4O2/c1-17(26-22(28)3-2-4-23(26)29)36-20-7-8-25-21(14-20)27(33-32-25)24(30)13-18-5-6-19(31-15-18)16-34-9-11-35-12-10-34/h2-8,13-15,17H,9-12,16H2,1H3,(H,32,33)/b24-13+/t17-/m1/s1. The number of hydrogen-bond donors (Lipinski definition) is 1. The number of benzene rings is 2. The highest BCUT2D eigenvalue weighted by molar-refractivity contribution is 6.36. The number of fused-ring (bicyclic) bond motifs is 1. The summed E-state index contributed by atoms with van der Waals surface area (Å²) in [6, 6.07) is 14.5. The number of morpholine rings is 1. The van der Waals surface area contributed by atoms with Gasteiger partial charge in [-0.1, -0.05) is 35.3 Å². The number of aromatic amines is 1. The number of H-pyrrole nitrogens is 1. The van der Waals surface area contributed by atoms with Crippen LogP contribution >= 0.6 is 23.2 Å². The van der Waals surface area contributed by atoms with Crippen molar-refractivity contribution >= 4 is 46.0 Å². The van der Waals surface area contributed by atoms with E-state index in [1.165, 1.54) is 6.08 Å². The van der Waals surface area contributed by atoms with Gasteiger partial charge in [0.05, 0.1) is 24.4 Å². The fraction of sp³-hybridized carbons (Fsp3) is 0.259. The van der Waals surface area contributed by atoms with Crippen molar-refractivity contribution in [2.75, 3.05) is 26.3 Å². The highest BCUT2D eigenvalue weighted by Crippen LogP contribution is 2.35. The Kier molecular flexibility index (Phi) is 7.53. The molecule has 5 rings (SSSR count). The first-order valence-electron chi connectivity index (χ1n) is 11.7. The highest BCUT2D eigenvalue weighted by atomic mass is 35.5. The number of hydrogen-bond acceptors (Lipinski definition) is 5. The minimum Gasteiger partial charge on any atom is -0.486 e. The van der Waals surface area contributed by atoms with Gasteiger partial charge in [0.25, 0.3) is 0 Å². The SMILES string of the molecule is C[C@@H](Oc1ccc2[nH]nc(/C(F)=C\c3ccc(CN4CCOCC4)nc3)c2c1)c1c(Cl)cccc1Cl. The van der Waals surface area contributed by atoms with Crippen molar-refractivity contribution < 1.29 is 13.9 Å². The second-order valence-corrected chi connectivity index (χ2v) is 9.45. The largest absolute Gasteiger partial charge is 0.486 e. The van der Waals surface area contributed by atoms with E-state index in [9.17, 15) is 0 Å². The predicted molar refractivity (Wildman–Crippen MR) is 141 cm³/mol. The third-order valence-corrected chi connectivity index (χ3v) is 6.77. The average molecular weight is 527 g/mol. The van der Waals surface area contributed by atoms with Gasteiger partial charge in [-0.25, -0.2) is 4.39 Å². The second kappa shape index (κ2) is 11.0. The number of halogens is 3. The summed E-state index contributed by atoms with van der Waals surface area (Å²) in [6.07, 6.45) is 2.70. The molecule has 0 amide bonds. The maximum Gasteiger partial charge on any atom is 0.151 e. The Hall–Kier alpha value is -2.97. The van der Waals surface area contributed by atoms with Gasteiger partial charge in [0, 0.05) is 46.8 Å². The van der Waals surface area contributed by atoms with Crippen LogP contribution in [0.4, 0.5) is 4.39 Å². The minimum atomic E-state index is -0.469. The lowest BCUT2D eigenvalue weighted by atomic mass is 10.1. The van der Waals surface area contributed by atoms with Crippen LogP contribution in [0.2, 0.25) is 10.0 Å². The van der Waals surface area contributed by atoms with E-state index < -0.39 is 11.9 Å². The van der Waals surface area contributed by atoms with E-state index in [2.05, 4.69) is 20.1 Å². The highest BCUT2D eigenvalue weighted by Gasteiger charge is 2.17. The van der Waals surface area contributed by atoms with Gasteiger partial charge in [-0.2, -0.15) is 5.10 Å². The molecule has 0 bridgehead atoms. The quantitative estimate of drug-likeness (QED) is 0.290. The number of nitrogens with one attached hydrogen (secondary N) is 1. The second-order valence-electron chi connectivity index (χ2n) is 8.64. The van der Waals surface area contributed by atoms with E-state index >= 15 is 4.39 Å². The van der Waals surface area contributed by atoms with E-state index in [1.54, 1.807) is 42.6 Å². The topological polar surface area (TPSA) is 63.3 Å². The molecule has 36 heavy (non-hydrogen) atoms. The molecule has 1 aliphatic heterocycles. The summed E-state index contributed by atoms with van der Waals surface area (Å²) in [5.41, 5.74) is 3.20. The minimum absolute atomic E-state index is 0.205. The van der Waals surface area contributed by atoms with Gasteiger partial charge >= 0.3 is 0 Å². The molecule has 1 atom stereocenters. The van der Waals surface area contributed by atoms with Crippen LogP contribution in [-0.2, 0) is 11.3 Å². The van der Waals surface area contributed by atoms with Gasteiger partial charge in [-0.15, -0.1) is 0 Å². The van der Waals surface area contributed by atoms with Gasteiger partial charge in [0.1, 0.15) is 17.5 Å². The fourth-order valence-corrected chi connectivity index (χ4v) is 4.93. The first kappa shape index (κ1) is 24.7. The molecule has 4 aromatic rings. The fourth-order valence-electron chi connectivity index (χ4n) is 4.23. The molecule has 1 N–H and O–H groups in total. The Labute approximate surface area is 218 Å². The van der Waals surface area contributed by atoms with E-state index in [0.717, 1.165) is 38.5 Å². The molecule has 0 radical (unpaired) electrons. The average Bonchev–Trinajstić information content (AvgIpc) is 3.29. The summed E-state index contributed by atoms with van der Waals surface area (Å²) in [7, 11) is 0. The summed E-state index contributed by atoms with van der Waals surface area (Å²) in [5, 5.41) is 8.73. The predicted octanol–water partition coefficient (Wildman–Crippen LogP) is 6.70. The lowest BCUT2D eigenvalue weighted by Gasteiger charge is -2.26. The zero-order chi connectivity index (χ0) is 25.1. The molecular formula is C27H25Cl2FN4O2. The molecule has 2 aromatic heterocycles. The third-order valence-electron chi connectivity index (χ3n) is 6.11. The van der Waals surface area contributed by atoms with Crippen molar-refractivity contribution in [3.8, 4) is 5.75 Å². The summed E-state index contributed by atoms with van der Waals surface area (Å²) in [4.78, 5) is 6.79. The van der Waals surface area contributed by atoms with Crippen molar-refractivity contribution in [1.29, 1.82) is 0 Å². The van der Waals surface area contributed by atoms with Crippen molar-refractivity contribution in [2.24, 2.45) is 0 Å². The summed E-state index contributed by atoms with van der Waals surface area (Å²) >= 11 is 12.6. The number of rotatable bonds is 7. The molecule has 3 heterocycles. The lowest BCUT2D eigenvalue weighted by Crippen LogP contribution is -2.35. The zero-order valence-electron chi connectivity index (χ0n) is 19.7. The molecule has 1 aliphatic rings. The number of ether oxygens (including phenoxy) is 2. The van der Waals surface area contributed by atoms with Gasteiger partial charge in [0.2, 0.25) is 0 Å². The van der Waals surface area contributed by atoms with Gasteiger partial charge < -0.3 is 9.47 Å². The monoisotopic (exact) mass is 526 g/mol.